The lowest BCUT2D eigenvalue weighted by atomic mass is 9.41. The Labute approximate surface area is 224 Å². The van der Waals surface area contributed by atoms with Gasteiger partial charge < -0.3 is 4.74 Å². The van der Waals surface area contributed by atoms with E-state index in [1.807, 2.05) is 6.92 Å². The van der Waals surface area contributed by atoms with Crippen molar-refractivity contribution in [3.05, 3.63) is 11.6 Å². The highest BCUT2D eigenvalue weighted by Gasteiger charge is 2.65. The molecule has 0 spiro atoms. The van der Waals surface area contributed by atoms with Crippen LogP contribution in [-0.4, -0.2) is 31.4 Å². The number of allylic oxidation sites excluding steroid dienone is 2. The third kappa shape index (κ3) is 3.60. The summed E-state index contributed by atoms with van der Waals surface area (Å²) in [7, 11) is 1.47. The Morgan fingerprint density at radius 1 is 1.11 bits per heavy atom. The first kappa shape index (κ1) is 27.1. The molecule has 0 bridgehead atoms. The topological polar surface area (TPSA) is 68.1 Å². The second-order valence-electron chi connectivity index (χ2n) is 15.0. The second kappa shape index (κ2) is 8.74. The predicted octanol–water partition coefficient (Wildman–Crippen LogP) is 7.59. The summed E-state index contributed by atoms with van der Waals surface area (Å²) in [6, 6.07) is -0.0750. The average molecular weight is 511 g/mol. The molecule has 37 heavy (non-hydrogen) atoms. The van der Waals surface area contributed by atoms with Gasteiger partial charge in [-0.3, -0.25) is 9.59 Å². The van der Waals surface area contributed by atoms with Crippen LogP contribution >= 0.6 is 0 Å². The number of methoxy groups -OCH3 is 1. The molecule has 1 heterocycles. The van der Waals surface area contributed by atoms with Gasteiger partial charge in [-0.05, 0) is 98.2 Å². The zero-order chi connectivity index (χ0) is 27.0. The Morgan fingerprint density at radius 2 is 1.84 bits per heavy atom. The monoisotopic (exact) mass is 510 g/mol. The van der Waals surface area contributed by atoms with E-state index in [4.69, 9.17) is 4.74 Å². The number of carbonyl (C=O) groups excluding carboxylic acids is 2. The van der Waals surface area contributed by atoms with Crippen molar-refractivity contribution in [2.45, 2.75) is 112 Å². The minimum Gasteiger partial charge on any atom is -0.468 e. The number of Topliss-reactive ketones (excluding diaryl/α,β-unsaturated/α-hetero) is 1. The van der Waals surface area contributed by atoms with Gasteiger partial charge in [-0.2, -0.15) is 10.2 Å². The minimum atomic E-state index is -0.616. The normalized spacial score (nSPS) is 47.0. The lowest BCUT2D eigenvalue weighted by Gasteiger charge is -2.63. The van der Waals surface area contributed by atoms with Gasteiger partial charge in [0.1, 0.15) is 11.2 Å². The molecule has 4 aliphatic carbocycles. The third-order valence-corrected chi connectivity index (χ3v) is 13.2. The molecular weight excluding hydrogens is 460 g/mol. The van der Waals surface area contributed by atoms with E-state index in [-0.39, 0.29) is 28.3 Å². The lowest BCUT2D eigenvalue weighted by Crippen LogP contribution is -2.57. The fourth-order valence-electron chi connectivity index (χ4n) is 10.4. The van der Waals surface area contributed by atoms with Crippen LogP contribution in [0, 0.1) is 50.7 Å². The van der Waals surface area contributed by atoms with Crippen LogP contribution in [0.2, 0.25) is 0 Å². The second-order valence-corrected chi connectivity index (χ2v) is 15.0. The molecule has 5 rings (SSSR count). The first-order valence-corrected chi connectivity index (χ1v) is 14.9. The maximum absolute atomic E-state index is 12.9. The molecule has 3 saturated carbocycles. The molecule has 1 aliphatic heterocycles. The number of carbonyl (C=O) groups is 2. The van der Waals surface area contributed by atoms with Gasteiger partial charge in [0, 0.05) is 11.8 Å². The zero-order valence-corrected chi connectivity index (χ0v) is 24.7. The van der Waals surface area contributed by atoms with E-state index in [0.29, 0.717) is 41.4 Å². The van der Waals surface area contributed by atoms with Crippen molar-refractivity contribution in [2.75, 3.05) is 13.7 Å². The number of ketones is 1. The predicted molar refractivity (Wildman–Crippen MR) is 146 cm³/mol. The van der Waals surface area contributed by atoms with E-state index in [0.717, 1.165) is 32.1 Å². The Kier molecular flexibility index (Phi) is 6.40. The standard InChI is InChI=1S/C32H50N2O3/c1-20(9-12-25-30(5,19-33-34-25)27(36)37-8)21-13-17-32(7)23-10-11-24-28(2,3)26(35)15-16-29(24,4)22(23)14-18-31(21,32)6/h10,20-22,24-25H,9,11-19H2,1-8H3/t20-,21-,22+,24+,25+,29+,30+,31+,32+/m0/s1. The van der Waals surface area contributed by atoms with Gasteiger partial charge in [0.2, 0.25) is 0 Å². The first-order chi connectivity index (χ1) is 17.3. The van der Waals surface area contributed by atoms with Gasteiger partial charge in [0.25, 0.3) is 0 Å². The van der Waals surface area contributed by atoms with Crippen LogP contribution in [0.5, 0.6) is 0 Å². The van der Waals surface area contributed by atoms with Crippen LogP contribution in [0.25, 0.3) is 0 Å². The van der Waals surface area contributed by atoms with Crippen molar-refractivity contribution in [3.63, 3.8) is 0 Å². The number of nitrogens with zero attached hydrogens (tertiary/aromatic N) is 2. The molecule has 5 heteroatoms. The molecule has 0 N–H and O–H groups in total. The van der Waals surface area contributed by atoms with Gasteiger partial charge in [-0.15, -0.1) is 0 Å². The number of hydrogen-bond donors (Lipinski definition) is 0. The molecule has 0 saturated heterocycles. The summed E-state index contributed by atoms with van der Waals surface area (Å²) in [6.07, 6.45) is 12.5. The van der Waals surface area contributed by atoms with Gasteiger partial charge in [-0.1, -0.05) is 53.2 Å². The third-order valence-electron chi connectivity index (χ3n) is 13.2. The van der Waals surface area contributed by atoms with Crippen LogP contribution in [0.3, 0.4) is 0 Å². The quantitative estimate of drug-likeness (QED) is 0.283. The summed E-state index contributed by atoms with van der Waals surface area (Å²) in [5.74, 6) is 2.63. The van der Waals surface area contributed by atoms with E-state index in [1.165, 1.54) is 32.8 Å². The van der Waals surface area contributed by atoms with Crippen molar-refractivity contribution in [3.8, 4) is 0 Å². The largest absolute Gasteiger partial charge is 0.468 e. The molecule has 0 unspecified atom stereocenters. The summed E-state index contributed by atoms with van der Waals surface area (Å²) >= 11 is 0. The highest BCUT2D eigenvalue weighted by molar-refractivity contribution is 5.85. The highest BCUT2D eigenvalue weighted by Crippen LogP contribution is 2.73. The molecule has 9 atom stereocenters. The van der Waals surface area contributed by atoms with Crippen molar-refractivity contribution in [2.24, 2.45) is 61.0 Å². The average Bonchev–Trinajstić information content (AvgIpc) is 3.37. The minimum absolute atomic E-state index is 0.0750. The Morgan fingerprint density at radius 3 is 2.54 bits per heavy atom. The van der Waals surface area contributed by atoms with Gasteiger partial charge in [-0.25, -0.2) is 0 Å². The van der Waals surface area contributed by atoms with E-state index in [2.05, 4.69) is 57.8 Å². The van der Waals surface area contributed by atoms with E-state index < -0.39 is 5.41 Å². The Bertz CT molecular complexity index is 1030. The van der Waals surface area contributed by atoms with E-state index in [1.54, 1.807) is 5.57 Å². The summed E-state index contributed by atoms with van der Waals surface area (Å²) in [5, 5.41) is 8.72. The Balaban J connectivity index is 1.35. The van der Waals surface area contributed by atoms with Crippen molar-refractivity contribution < 1.29 is 14.3 Å². The van der Waals surface area contributed by atoms with Gasteiger partial charge >= 0.3 is 5.97 Å². The maximum atomic E-state index is 12.9. The van der Waals surface area contributed by atoms with Gasteiger partial charge in [0.05, 0.1) is 19.7 Å². The fourth-order valence-corrected chi connectivity index (χ4v) is 10.4. The first-order valence-electron chi connectivity index (χ1n) is 14.9. The molecule has 5 nitrogen and oxygen atoms in total. The number of hydrogen-bond acceptors (Lipinski definition) is 5. The van der Waals surface area contributed by atoms with Crippen LogP contribution in [0.15, 0.2) is 21.9 Å². The van der Waals surface area contributed by atoms with Crippen LogP contribution in [-0.2, 0) is 14.3 Å². The molecule has 3 fully saturated rings. The Hall–Kier alpha value is -1.52. The van der Waals surface area contributed by atoms with Crippen molar-refractivity contribution in [1.29, 1.82) is 0 Å². The van der Waals surface area contributed by atoms with Crippen LogP contribution in [0.1, 0.15) is 106 Å². The molecule has 0 aromatic rings. The lowest BCUT2D eigenvalue weighted by molar-refractivity contribution is -0.151. The van der Waals surface area contributed by atoms with Crippen LogP contribution < -0.4 is 0 Å². The number of fused-ring (bicyclic) bond motifs is 5. The maximum Gasteiger partial charge on any atom is 0.315 e. The van der Waals surface area contributed by atoms with Crippen LogP contribution in [0.4, 0.5) is 0 Å². The molecule has 0 aromatic heterocycles. The summed E-state index contributed by atoms with van der Waals surface area (Å²) in [6.45, 7) is 17.0. The summed E-state index contributed by atoms with van der Waals surface area (Å²) in [5.41, 5.74) is 1.68. The molecule has 5 aliphatic rings. The molecular formula is C32H50N2O3. The SMILES string of the molecule is COC(=O)[C@]1(C)CN=N[C@@H]1CC[C@H](C)[C@@H]1CC[C@]2(C)C3=CC[C@@H]4C(C)(C)C(=O)CC[C@]4(C)[C@@H]3CC[C@]12C. The number of ether oxygens (including phenoxy) is 1. The van der Waals surface area contributed by atoms with Gasteiger partial charge in [0.15, 0.2) is 0 Å². The molecule has 0 radical (unpaired) electrons. The van der Waals surface area contributed by atoms with Crippen molar-refractivity contribution in [1.82, 2.24) is 0 Å². The smallest absolute Gasteiger partial charge is 0.315 e. The number of rotatable bonds is 5. The number of azo groups is 1. The van der Waals surface area contributed by atoms with E-state index >= 15 is 0 Å². The number of esters is 1. The fraction of sp³-hybridized carbons (Fsp3) is 0.875. The molecule has 0 amide bonds. The molecule has 206 valence electrons. The van der Waals surface area contributed by atoms with Crippen molar-refractivity contribution >= 4 is 11.8 Å². The summed E-state index contributed by atoms with van der Waals surface area (Å²) in [4.78, 5) is 25.4. The summed E-state index contributed by atoms with van der Waals surface area (Å²) < 4.78 is 5.10. The molecule has 0 aromatic carbocycles. The van der Waals surface area contributed by atoms with E-state index in [9.17, 15) is 9.59 Å². The highest BCUT2D eigenvalue weighted by atomic mass is 16.5. The zero-order valence-electron chi connectivity index (χ0n) is 24.7.